The molecule has 0 saturated heterocycles. The number of hydroxylamine groups is 2. The van der Waals surface area contributed by atoms with Gasteiger partial charge in [0.25, 0.3) is 0 Å². The minimum absolute atomic E-state index is 0.337. The summed E-state index contributed by atoms with van der Waals surface area (Å²) >= 11 is 6.02. The van der Waals surface area contributed by atoms with Gasteiger partial charge in [-0.15, -0.1) is 0 Å². The van der Waals surface area contributed by atoms with Crippen LogP contribution in [0, 0.1) is 5.21 Å². The van der Waals surface area contributed by atoms with Gasteiger partial charge in [-0.3, -0.25) is 0 Å². The van der Waals surface area contributed by atoms with Crippen molar-refractivity contribution >= 4 is 23.0 Å². The average molecular weight is 275 g/mol. The Labute approximate surface area is 117 Å². The standard InChI is InChI=1S/C15H15ClN2O/c1-18(19)8-7-17-14-6-5-12(10-15(14)18)11-3-2-4-13(16)9-11/h2-6,9-10,17H,7-8H2,1H3. The summed E-state index contributed by atoms with van der Waals surface area (Å²) < 4.78 is -0.337. The molecule has 3 nitrogen and oxygen atoms in total. The Bertz CT molecular complexity index is 625. The summed E-state index contributed by atoms with van der Waals surface area (Å²) in [6.45, 7) is 1.26. The van der Waals surface area contributed by atoms with E-state index >= 15 is 0 Å². The first-order valence-electron chi connectivity index (χ1n) is 6.27. The first-order valence-corrected chi connectivity index (χ1v) is 6.65. The van der Waals surface area contributed by atoms with Crippen LogP contribution in [0.3, 0.4) is 0 Å². The van der Waals surface area contributed by atoms with E-state index in [1.807, 2.05) is 42.5 Å². The van der Waals surface area contributed by atoms with Gasteiger partial charge in [0.05, 0.1) is 19.3 Å². The Morgan fingerprint density at radius 1 is 1.16 bits per heavy atom. The summed E-state index contributed by atoms with van der Waals surface area (Å²) in [6, 6.07) is 13.6. The SMILES string of the molecule is C[N+]1([O-])CCNc2ccc(-c3cccc(Cl)c3)cc21. The van der Waals surface area contributed by atoms with Crippen LogP contribution in [0.5, 0.6) is 0 Å². The Morgan fingerprint density at radius 3 is 2.74 bits per heavy atom. The van der Waals surface area contributed by atoms with Gasteiger partial charge in [0, 0.05) is 11.1 Å². The van der Waals surface area contributed by atoms with E-state index < -0.39 is 0 Å². The number of halogens is 1. The van der Waals surface area contributed by atoms with E-state index in [0.29, 0.717) is 18.1 Å². The summed E-state index contributed by atoms with van der Waals surface area (Å²) in [5.74, 6) is 0. The highest BCUT2D eigenvalue weighted by Gasteiger charge is 2.24. The molecule has 3 rings (SSSR count). The van der Waals surface area contributed by atoms with Crippen molar-refractivity contribution in [1.82, 2.24) is 4.65 Å². The summed E-state index contributed by atoms with van der Waals surface area (Å²) in [5, 5.41) is 16.4. The molecule has 0 saturated carbocycles. The van der Waals surface area contributed by atoms with Crippen LogP contribution in [0.4, 0.5) is 11.4 Å². The van der Waals surface area contributed by atoms with Crippen LogP contribution in [0.15, 0.2) is 42.5 Å². The largest absolute Gasteiger partial charge is 0.627 e. The maximum atomic E-state index is 12.5. The van der Waals surface area contributed by atoms with Crippen molar-refractivity contribution in [2.75, 3.05) is 25.5 Å². The van der Waals surface area contributed by atoms with E-state index in [4.69, 9.17) is 11.6 Å². The lowest BCUT2D eigenvalue weighted by Gasteiger charge is -2.42. The quantitative estimate of drug-likeness (QED) is 0.633. The van der Waals surface area contributed by atoms with E-state index in [2.05, 4.69) is 5.32 Å². The third-order valence-corrected chi connectivity index (χ3v) is 3.75. The predicted octanol–water partition coefficient (Wildman–Crippen LogP) is 3.87. The summed E-state index contributed by atoms with van der Waals surface area (Å²) in [7, 11) is 1.70. The number of hydrogen-bond acceptors (Lipinski definition) is 2. The third-order valence-electron chi connectivity index (χ3n) is 3.52. The molecule has 19 heavy (non-hydrogen) atoms. The van der Waals surface area contributed by atoms with Crippen LogP contribution in [0.1, 0.15) is 0 Å². The van der Waals surface area contributed by atoms with E-state index in [0.717, 1.165) is 22.5 Å². The number of rotatable bonds is 1. The fourth-order valence-corrected chi connectivity index (χ4v) is 2.63. The van der Waals surface area contributed by atoms with E-state index in [1.54, 1.807) is 7.05 Å². The van der Waals surface area contributed by atoms with E-state index in [-0.39, 0.29) is 4.65 Å². The first kappa shape index (κ1) is 12.5. The summed E-state index contributed by atoms with van der Waals surface area (Å²) in [6.07, 6.45) is 0. The zero-order valence-corrected chi connectivity index (χ0v) is 11.4. The molecule has 0 aliphatic carbocycles. The molecule has 0 amide bonds. The van der Waals surface area contributed by atoms with Crippen molar-refractivity contribution in [3.8, 4) is 11.1 Å². The fraction of sp³-hybridized carbons (Fsp3) is 0.200. The molecule has 1 heterocycles. The lowest BCUT2D eigenvalue weighted by molar-refractivity contribution is 0.451. The Hall–Kier alpha value is -1.55. The van der Waals surface area contributed by atoms with Gasteiger partial charge >= 0.3 is 0 Å². The molecule has 1 unspecified atom stereocenters. The van der Waals surface area contributed by atoms with Gasteiger partial charge in [-0.05, 0) is 29.3 Å². The number of nitrogens with zero attached hydrogens (tertiary/aromatic N) is 1. The molecule has 1 atom stereocenters. The maximum absolute atomic E-state index is 12.5. The van der Waals surface area contributed by atoms with Crippen molar-refractivity contribution in [3.05, 3.63) is 52.7 Å². The van der Waals surface area contributed by atoms with Crippen molar-refractivity contribution in [3.63, 3.8) is 0 Å². The van der Waals surface area contributed by atoms with Crippen LogP contribution >= 0.6 is 11.6 Å². The fourth-order valence-electron chi connectivity index (χ4n) is 2.44. The molecule has 0 spiro atoms. The number of hydrogen-bond donors (Lipinski definition) is 1. The molecule has 1 N–H and O–H groups in total. The second kappa shape index (κ2) is 4.53. The first-order chi connectivity index (χ1) is 9.06. The van der Waals surface area contributed by atoms with Crippen LogP contribution < -0.4 is 9.96 Å². The number of quaternary nitrogens is 1. The molecule has 0 bridgehead atoms. The zero-order valence-electron chi connectivity index (χ0n) is 10.7. The molecule has 2 aromatic carbocycles. The van der Waals surface area contributed by atoms with Crippen LogP contribution in [0.25, 0.3) is 11.1 Å². The van der Waals surface area contributed by atoms with Crippen molar-refractivity contribution in [2.24, 2.45) is 0 Å². The minimum atomic E-state index is -0.337. The van der Waals surface area contributed by atoms with Gasteiger partial charge in [-0.2, -0.15) is 0 Å². The van der Waals surface area contributed by atoms with Gasteiger partial charge in [-0.1, -0.05) is 29.8 Å². The lowest BCUT2D eigenvalue weighted by Crippen LogP contribution is -2.45. The van der Waals surface area contributed by atoms with Crippen LogP contribution in [-0.2, 0) is 0 Å². The summed E-state index contributed by atoms with van der Waals surface area (Å²) in [4.78, 5) is 0. The van der Waals surface area contributed by atoms with Crippen molar-refractivity contribution in [1.29, 1.82) is 0 Å². The second-order valence-electron chi connectivity index (χ2n) is 4.99. The monoisotopic (exact) mass is 274 g/mol. The average Bonchev–Trinajstić information content (AvgIpc) is 2.38. The number of benzene rings is 2. The maximum Gasteiger partial charge on any atom is 0.156 e. The Morgan fingerprint density at radius 2 is 1.95 bits per heavy atom. The molecule has 2 aromatic rings. The Balaban J connectivity index is 2.10. The molecule has 1 aliphatic rings. The zero-order chi connectivity index (χ0) is 13.5. The van der Waals surface area contributed by atoms with Gasteiger partial charge in [-0.25, -0.2) is 0 Å². The minimum Gasteiger partial charge on any atom is -0.627 e. The molecular formula is C15H15ClN2O. The smallest absolute Gasteiger partial charge is 0.156 e. The molecule has 98 valence electrons. The molecule has 0 radical (unpaired) electrons. The number of fused-ring (bicyclic) bond motifs is 1. The predicted molar refractivity (Wildman–Crippen MR) is 81.3 cm³/mol. The van der Waals surface area contributed by atoms with Crippen LogP contribution in [-0.4, -0.2) is 20.1 Å². The van der Waals surface area contributed by atoms with Gasteiger partial charge in [0.15, 0.2) is 5.69 Å². The topological polar surface area (TPSA) is 35.1 Å². The number of anilines is 1. The number of likely N-dealkylation sites (N-methyl/N-ethyl adjacent to an activating group) is 1. The van der Waals surface area contributed by atoms with Crippen molar-refractivity contribution < 1.29 is 0 Å². The lowest BCUT2D eigenvalue weighted by atomic mass is 10.0. The highest BCUT2D eigenvalue weighted by molar-refractivity contribution is 6.30. The Kier molecular flexibility index (Phi) is 2.97. The molecule has 0 fully saturated rings. The summed E-state index contributed by atoms with van der Waals surface area (Å²) in [5.41, 5.74) is 3.75. The molecular weight excluding hydrogens is 260 g/mol. The molecule has 4 heteroatoms. The normalized spacial score (nSPS) is 21.6. The van der Waals surface area contributed by atoms with Gasteiger partial charge < -0.3 is 15.2 Å². The van der Waals surface area contributed by atoms with Crippen molar-refractivity contribution in [2.45, 2.75) is 0 Å². The second-order valence-corrected chi connectivity index (χ2v) is 5.43. The molecule has 0 aromatic heterocycles. The number of nitrogens with one attached hydrogen (secondary N) is 1. The van der Waals surface area contributed by atoms with E-state index in [1.165, 1.54) is 0 Å². The van der Waals surface area contributed by atoms with E-state index in [9.17, 15) is 5.21 Å². The highest BCUT2D eigenvalue weighted by atomic mass is 35.5. The van der Waals surface area contributed by atoms with Gasteiger partial charge in [0.1, 0.15) is 6.54 Å². The third kappa shape index (κ3) is 2.32. The highest BCUT2D eigenvalue weighted by Crippen LogP contribution is 2.36. The van der Waals surface area contributed by atoms with Gasteiger partial charge in [0.2, 0.25) is 0 Å². The molecule has 1 aliphatic heterocycles. The van der Waals surface area contributed by atoms with Crippen LogP contribution in [0.2, 0.25) is 5.02 Å².